The number of hydrogen-bond acceptors (Lipinski definition) is 3. The van der Waals surface area contributed by atoms with Gasteiger partial charge in [-0.05, 0) is 39.9 Å². The van der Waals surface area contributed by atoms with Crippen molar-refractivity contribution in [1.29, 1.82) is 0 Å². The molecule has 94 valence electrons. The fourth-order valence-electron chi connectivity index (χ4n) is 2.37. The number of carbonyl (C=O) groups is 1. The lowest BCUT2D eigenvalue weighted by Gasteiger charge is -2.39. The third-order valence-electron chi connectivity index (χ3n) is 3.65. The molecule has 4 nitrogen and oxygen atoms in total. The molecule has 1 atom stereocenters. The quantitative estimate of drug-likeness (QED) is 0.766. The highest BCUT2D eigenvalue weighted by molar-refractivity contribution is 5.75. The summed E-state index contributed by atoms with van der Waals surface area (Å²) in [5.41, 5.74) is -0.495. The maximum absolute atomic E-state index is 11.4. The van der Waals surface area contributed by atoms with Crippen LogP contribution in [0.15, 0.2) is 0 Å². The Balaban J connectivity index is 2.54. The minimum Gasteiger partial charge on any atom is -0.481 e. The van der Waals surface area contributed by atoms with Gasteiger partial charge in [-0.15, -0.1) is 0 Å². The van der Waals surface area contributed by atoms with Crippen LogP contribution in [-0.4, -0.2) is 61.2 Å². The van der Waals surface area contributed by atoms with Crippen molar-refractivity contribution in [2.75, 3.05) is 40.3 Å². The van der Waals surface area contributed by atoms with Gasteiger partial charge in [-0.1, -0.05) is 6.92 Å². The average molecular weight is 228 g/mol. The highest BCUT2D eigenvalue weighted by atomic mass is 16.4. The Hall–Kier alpha value is -0.610. The van der Waals surface area contributed by atoms with Crippen molar-refractivity contribution in [3.8, 4) is 0 Å². The topological polar surface area (TPSA) is 43.8 Å². The number of carboxylic acids is 1. The zero-order valence-electron chi connectivity index (χ0n) is 10.7. The molecule has 1 unspecified atom stereocenters. The summed E-state index contributed by atoms with van der Waals surface area (Å²) in [5.74, 6) is -0.621. The van der Waals surface area contributed by atoms with Crippen LogP contribution in [-0.2, 0) is 4.79 Å². The van der Waals surface area contributed by atoms with Crippen LogP contribution in [0.1, 0.15) is 26.2 Å². The van der Waals surface area contributed by atoms with E-state index in [1.54, 1.807) is 0 Å². The van der Waals surface area contributed by atoms with Gasteiger partial charge in [-0.2, -0.15) is 0 Å². The van der Waals surface area contributed by atoms with Gasteiger partial charge in [0.05, 0.1) is 5.41 Å². The minimum absolute atomic E-state index is 0.495. The number of hydrogen-bond donors (Lipinski definition) is 1. The second-order valence-electron chi connectivity index (χ2n) is 5.12. The van der Waals surface area contributed by atoms with Crippen LogP contribution in [0.3, 0.4) is 0 Å². The van der Waals surface area contributed by atoms with Gasteiger partial charge in [0.2, 0.25) is 0 Å². The van der Waals surface area contributed by atoms with Crippen molar-refractivity contribution in [2.24, 2.45) is 5.41 Å². The zero-order valence-corrected chi connectivity index (χ0v) is 10.7. The lowest BCUT2D eigenvalue weighted by atomic mass is 9.77. The summed E-state index contributed by atoms with van der Waals surface area (Å²) < 4.78 is 0. The molecule has 0 bridgehead atoms. The van der Waals surface area contributed by atoms with E-state index in [1.807, 2.05) is 21.0 Å². The first-order valence-electron chi connectivity index (χ1n) is 6.10. The lowest BCUT2D eigenvalue weighted by Crippen LogP contribution is -2.48. The van der Waals surface area contributed by atoms with Gasteiger partial charge in [0.1, 0.15) is 0 Å². The average Bonchev–Trinajstić information content (AvgIpc) is 2.26. The van der Waals surface area contributed by atoms with Crippen LogP contribution < -0.4 is 0 Å². The second-order valence-corrected chi connectivity index (χ2v) is 5.12. The second kappa shape index (κ2) is 5.64. The molecule has 16 heavy (non-hydrogen) atoms. The molecule has 0 aromatic rings. The molecular formula is C12H24N2O2. The fraction of sp³-hybridized carbons (Fsp3) is 0.917. The Bertz CT molecular complexity index is 243. The predicted molar refractivity (Wildman–Crippen MR) is 64.6 cm³/mol. The zero-order chi connectivity index (χ0) is 12.2. The summed E-state index contributed by atoms with van der Waals surface area (Å²) >= 11 is 0. The smallest absolute Gasteiger partial charge is 0.310 e. The van der Waals surface area contributed by atoms with E-state index in [4.69, 9.17) is 0 Å². The summed E-state index contributed by atoms with van der Waals surface area (Å²) in [5, 5.41) is 9.35. The first kappa shape index (κ1) is 13.5. The Morgan fingerprint density at radius 2 is 2.19 bits per heavy atom. The van der Waals surface area contributed by atoms with Gasteiger partial charge in [0.25, 0.3) is 0 Å². The molecular weight excluding hydrogens is 204 g/mol. The number of carboxylic acid groups (broad SMARTS) is 1. The van der Waals surface area contributed by atoms with Gasteiger partial charge in [-0.25, -0.2) is 0 Å². The summed E-state index contributed by atoms with van der Waals surface area (Å²) in [7, 11) is 4.10. The number of likely N-dealkylation sites (N-methyl/N-ethyl adjacent to an activating group) is 1. The molecule has 0 amide bonds. The van der Waals surface area contributed by atoms with E-state index in [9.17, 15) is 9.90 Å². The maximum atomic E-state index is 11.4. The Kier molecular flexibility index (Phi) is 4.74. The molecule has 1 aliphatic heterocycles. The van der Waals surface area contributed by atoms with E-state index in [0.29, 0.717) is 6.54 Å². The first-order chi connectivity index (χ1) is 7.50. The lowest BCUT2D eigenvalue weighted by molar-refractivity contribution is -0.152. The number of rotatable bonds is 5. The fourth-order valence-corrected chi connectivity index (χ4v) is 2.37. The molecule has 1 rings (SSSR count). The van der Waals surface area contributed by atoms with E-state index in [2.05, 4.69) is 9.80 Å². The monoisotopic (exact) mass is 228 g/mol. The van der Waals surface area contributed by atoms with Crippen LogP contribution in [0.4, 0.5) is 0 Å². The van der Waals surface area contributed by atoms with Crippen molar-refractivity contribution >= 4 is 5.97 Å². The molecule has 1 heterocycles. The summed E-state index contributed by atoms with van der Waals surface area (Å²) in [4.78, 5) is 15.8. The molecule has 0 aromatic heterocycles. The standard InChI is InChI=1S/C12H24N2O2/c1-4-12(11(15)16)6-5-7-14(10-12)9-8-13(2)3/h4-10H2,1-3H3,(H,15,16). The molecule has 1 N–H and O–H groups in total. The number of likely N-dealkylation sites (tertiary alicyclic amines) is 1. The van der Waals surface area contributed by atoms with Gasteiger partial charge in [0, 0.05) is 19.6 Å². The molecule has 0 aromatic carbocycles. The number of nitrogens with zero attached hydrogens (tertiary/aromatic N) is 2. The van der Waals surface area contributed by atoms with Crippen molar-refractivity contribution in [2.45, 2.75) is 26.2 Å². The normalized spacial score (nSPS) is 27.2. The van der Waals surface area contributed by atoms with Gasteiger partial charge >= 0.3 is 5.97 Å². The van der Waals surface area contributed by atoms with Crippen LogP contribution in [0.25, 0.3) is 0 Å². The highest BCUT2D eigenvalue weighted by Crippen LogP contribution is 2.33. The summed E-state index contributed by atoms with van der Waals surface area (Å²) in [6.07, 6.45) is 2.58. The van der Waals surface area contributed by atoms with Crippen molar-refractivity contribution < 1.29 is 9.90 Å². The van der Waals surface area contributed by atoms with Gasteiger partial charge in [-0.3, -0.25) is 4.79 Å². The summed E-state index contributed by atoms with van der Waals surface area (Å²) in [6.45, 7) is 5.72. The molecule has 4 heteroatoms. The molecule has 1 aliphatic rings. The van der Waals surface area contributed by atoms with Crippen LogP contribution >= 0.6 is 0 Å². The first-order valence-corrected chi connectivity index (χ1v) is 6.10. The van der Waals surface area contributed by atoms with Crippen LogP contribution in [0, 0.1) is 5.41 Å². The van der Waals surface area contributed by atoms with E-state index < -0.39 is 11.4 Å². The summed E-state index contributed by atoms with van der Waals surface area (Å²) in [6, 6.07) is 0. The molecule has 0 saturated carbocycles. The van der Waals surface area contributed by atoms with Crippen molar-refractivity contribution in [3.63, 3.8) is 0 Å². The minimum atomic E-state index is -0.621. The van der Waals surface area contributed by atoms with E-state index in [0.717, 1.165) is 38.9 Å². The Morgan fingerprint density at radius 1 is 1.50 bits per heavy atom. The molecule has 0 aliphatic carbocycles. The molecule has 1 saturated heterocycles. The van der Waals surface area contributed by atoms with Gasteiger partial charge in [0.15, 0.2) is 0 Å². The third-order valence-corrected chi connectivity index (χ3v) is 3.65. The van der Waals surface area contributed by atoms with E-state index >= 15 is 0 Å². The van der Waals surface area contributed by atoms with Gasteiger partial charge < -0.3 is 14.9 Å². The largest absolute Gasteiger partial charge is 0.481 e. The van der Waals surface area contributed by atoms with Crippen molar-refractivity contribution in [3.05, 3.63) is 0 Å². The van der Waals surface area contributed by atoms with E-state index in [1.165, 1.54) is 0 Å². The maximum Gasteiger partial charge on any atom is 0.310 e. The number of piperidine rings is 1. The highest BCUT2D eigenvalue weighted by Gasteiger charge is 2.40. The molecule has 0 radical (unpaired) electrons. The van der Waals surface area contributed by atoms with Crippen LogP contribution in [0.2, 0.25) is 0 Å². The third kappa shape index (κ3) is 3.19. The predicted octanol–water partition coefficient (Wildman–Crippen LogP) is 1.12. The van der Waals surface area contributed by atoms with Crippen molar-refractivity contribution in [1.82, 2.24) is 9.80 Å². The Morgan fingerprint density at radius 3 is 2.69 bits per heavy atom. The van der Waals surface area contributed by atoms with E-state index in [-0.39, 0.29) is 0 Å². The number of aliphatic carboxylic acids is 1. The Labute approximate surface area is 98.2 Å². The molecule has 1 fully saturated rings. The SMILES string of the molecule is CCC1(C(=O)O)CCCN(CCN(C)C)C1. The molecule has 0 spiro atoms. The van der Waals surface area contributed by atoms with Crippen LogP contribution in [0.5, 0.6) is 0 Å².